The summed E-state index contributed by atoms with van der Waals surface area (Å²) in [6, 6.07) is 31.2. The molecular weight excluding hydrogens is 681 g/mol. The summed E-state index contributed by atoms with van der Waals surface area (Å²) >= 11 is 0. The lowest BCUT2D eigenvalue weighted by Crippen LogP contribution is -2.44. The van der Waals surface area contributed by atoms with E-state index < -0.39 is 0 Å². The Labute approximate surface area is 313 Å². The molecule has 54 heavy (non-hydrogen) atoms. The van der Waals surface area contributed by atoms with E-state index in [0.29, 0.717) is 58.6 Å². The van der Waals surface area contributed by atoms with Crippen molar-refractivity contribution in [2.45, 2.75) is 51.2 Å². The minimum absolute atomic E-state index is 0.0779. The average Bonchev–Trinajstić information content (AvgIpc) is 3.42. The molecule has 0 aromatic heterocycles. The van der Waals surface area contributed by atoms with E-state index in [2.05, 4.69) is 24.3 Å². The lowest BCUT2D eigenvalue weighted by Gasteiger charge is -2.34. The molecule has 0 spiro atoms. The zero-order chi connectivity index (χ0) is 36.8. The summed E-state index contributed by atoms with van der Waals surface area (Å²) in [5.41, 5.74) is 8.72. The van der Waals surface area contributed by atoms with Crippen LogP contribution in [-0.2, 0) is 39.1 Å². The number of methoxy groups -OCH3 is 2. The Hall–Kier alpha value is -6.42. The summed E-state index contributed by atoms with van der Waals surface area (Å²) < 4.78 is 24.0. The molecule has 4 aliphatic rings. The van der Waals surface area contributed by atoms with Crippen molar-refractivity contribution in [1.29, 1.82) is 0 Å². The van der Waals surface area contributed by atoms with Crippen LogP contribution in [0.3, 0.4) is 0 Å². The number of carbonyl (C=O) groups excluding carboxylic acids is 2. The van der Waals surface area contributed by atoms with Gasteiger partial charge in [-0.1, -0.05) is 66.7 Å². The van der Waals surface area contributed by atoms with E-state index in [9.17, 15) is 9.59 Å². The van der Waals surface area contributed by atoms with E-state index in [0.717, 1.165) is 35.1 Å². The number of hydrogen-bond acceptors (Lipinski definition) is 8. The van der Waals surface area contributed by atoms with Crippen molar-refractivity contribution in [1.82, 2.24) is 9.80 Å². The summed E-state index contributed by atoms with van der Waals surface area (Å²) in [4.78, 5) is 40.8. The second-order valence-electron chi connectivity index (χ2n) is 13.9. The molecular formula is C44H38N4O6. The highest BCUT2D eigenvalue weighted by molar-refractivity contribution is 6.04. The maximum absolute atomic E-state index is 13.8. The van der Waals surface area contributed by atoms with Crippen LogP contribution in [0.25, 0.3) is 0 Å². The van der Waals surface area contributed by atoms with Crippen LogP contribution >= 0.6 is 0 Å². The molecule has 5 aromatic carbocycles. The molecule has 2 amide bonds. The number of nitrogens with zero attached hydrogens (tertiary/aromatic N) is 4. The standard InChI is InChI=1S/C44H38N4O6/c1-51-39-17-35-37(45-21-33-15-29-10-3-5-12-31(29)23-47(33)43(35)49)19-41(39)53-25-27-8-7-9-28(14-27)26-54-42-20-38-36(18-40(42)52-2)44(50)48-24-32-13-6-4-11-30(32)16-34(48)22-46-38/h3-14,17-22,33-34H,15-16,23-26H2,1-2H3/t33-,34?/m0/s1. The molecule has 10 heteroatoms. The third-order valence-corrected chi connectivity index (χ3v) is 10.7. The van der Waals surface area contributed by atoms with Gasteiger partial charge in [0.05, 0.1) is 48.8 Å². The molecule has 4 aliphatic heterocycles. The van der Waals surface area contributed by atoms with Crippen molar-refractivity contribution in [2.75, 3.05) is 14.2 Å². The van der Waals surface area contributed by atoms with Gasteiger partial charge in [0, 0.05) is 37.7 Å². The summed E-state index contributed by atoms with van der Waals surface area (Å²) in [7, 11) is 3.14. The van der Waals surface area contributed by atoms with E-state index >= 15 is 0 Å². The predicted molar refractivity (Wildman–Crippen MR) is 205 cm³/mol. The molecule has 0 aliphatic carbocycles. The third-order valence-electron chi connectivity index (χ3n) is 10.7. The first kappa shape index (κ1) is 33.4. The van der Waals surface area contributed by atoms with Crippen LogP contribution in [0.4, 0.5) is 11.4 Å². The Morgan fingerprint density at radius 1 is 0.556 bits per heavy atom. The third kappa shape index (κ3) is 6.13. The highest BCUT2D eigenvalue weighted by Gasteiger charge is 2.35. The predicted octanol–water partition coefficient (Wildman–Crippen LogP) is 7.43. The fraction of sp³-hybridized carbons (Fsp3) is 0.227. The Morgan fingerprint density at radius 3 is 1.44 bits per heavy atom. The van der Waals surface area contributed by atoms with Gasteiger partial charge in [0.15, 0.2) is 23.0 Å². The fourth-order valence-corrected chi connectivity index (χ4v) is 7.78. The van der Waals surface area contributed by atoms with Crippen LogP contribution in [-0.4, -0.2) is 60.3 Å². The molecule has 10 nitrogen and oxygen atoms in total. The minimum atomic E-state index is -0.123. The van der Waals surface area contributed by atoms with Gasteiger partial charge in [-0.25, -0.2) is 0 Å². The molecule has 0 radical (unpaired) electrons. The van der Waals surface area contributed by atoms with Crippen molar-refractivity contribution >= 4 is 35.6 Å². The molecule has 0 saturated heterocycles. The first-order valence-corrected chi connectivity index (χ1v) is 18.1. The van der Waals surface area contributed by atoms with Crippen LogP contribution in [0.5, 0.6) is 23.0 Å². The van der Waals surface area contributed by atoms with Crippen molar-refractivity contribution in [3.8, 4) is 23.0 Å². The number of fused-ring (bicyclic) bond motifs is 6. The van der Waals surface area contributed by atoms with Gasteiger partial charge in [-0.2, -0.15) is 0 Å². The largest absolute Gasteiger partial charge is 0.493 e. The first-order valence-electron chi connectivity index (χ1n) is 18.1. The number of hydrogen-bond donors (Lipinski definition) is 0. The van der Waals surface area contributed by atoms with E-state index in [1.54, 1.807) is 38.5 Å². The summed E-state index contributed by atoms with van der Waals surface area (Å²) in [6.45, 7) is 1.58. The second kappa shape index (κ2) is 13.9. The van der Waals surface area contributed by atoms with E-state index in [-0.39, 0.29) is 37.1 Å². The lowest BCUT2D eigenvalue weighted by molar-refractivity contribution is 0.0696. The van der Waals surface area contributed by atoms with E-state index in [4.69, 9.17) is 28.9 Å². The highest BCUT2D eigenvalue weighted by Crippen LogP contribution is 2.40. The summed E-state index contributed by atoms with van der Waals surface area (Å²) in [5, 5.41) is 0. The van der Waals surface area contributed by atoms with Gasteiger partial charge in [0.25, 0.3) is 11.8 Å². The van der Waals surface area contributed by atoms with Crippen molar-refractivity contribution < 1.29 is 28.5 Å². The van der Waals surface area contributed by atoms with Crippen molar-refractivity contribution in [2.24, 2.45) is 9.98 Å². The number of carbonyl (C=O) groups is 2. The molecule has 0 bridgehead atoms. The number of benzene rings is 5. The zero-order valence-corrected chi connectivity index (χ0v) is 30.0. The second-order valence-corrected chi connectivity index (χ2v) is 13.9. The topological polar surface area (TPSA) is 102 Å². The Morgan fingerprint density at radius 2 is 1.00 bits per heavy atom. The van der Waals surface area contributed by atoms with Gasteiger partial charge in [-0.15, -0.1) is 0 Å². The fourth-order valence-electron chi connectivity index (χ4n) is 7.78. The van der Waals surface area contributed by atoms with Crippen LogP contribution in [0.1, 0.15) is 54.1 Å². The molecule has 1 unspecified atom stereocenters. The number of amides is 2. The number of ether oxygens (including phenoxy) is 4. The van der Waals surface area contributed by atoms with Crippen LogP contribution in [0, 0.1) is 0 Å². The quantitative estimate of drug-likeness (QED) is 0.166. The summed E-state index contributed by atoms with van der Waals surface area (Å²) in [5.74, 6) is 1.76. The van der Waals surface area contributed by atoms with Gasteiger partial charge in [-0.3, -0.25) is 19.6 Å². The SMILES string of the molecule is COc1cc2c(cc1OCc1cccc(COc3cc4c(cc3OC)C(=O)N3Cc5ccccc5C[C@H]3C=N4)c1)N=CC1Cc3ccccc3CN1C2=O. The highest BCUT2D eigenvalue weighted by atomic mass is 16.5. The molecule has 0 saturated carbocycles. The summed E-state index contributed by atoms with van der Waals surface area (Å²) in [6.07, 6.45) is 5.18. The molecule has 0 N–H and O–H groups in total. The monoisotopic (exact) mass is 718 g/mol. The van der Waals surface area contributed by atoms with Crippen LogP contribution in [0.2, 0.25) is 0 Å². The van der Waals surface area contributed by atoms with Gasteiger partial charge in [0.1, 0.15) is 13.2 Å². The Bertz CT molecular complexity index is 2210. The zero-order valence-electron chi connectivity index (χ0n) is 30.0. The molecule has 5 aromatic rings. The number of rotatable bonds is 8. The Kier molecular flexibility index (Phi) is 8.57. The minimum Gasteiger partial charge on any atom is -0.493 e. The number of aliphatic imine (C=N–C) groups is 2. The smallest absolute Gasteiger partial charge is 0.257 e. The lowest BCUT2D eigenvalue weighted by atomic mass is 9.94. The van der Waals surface area contributed by atoms with Gasteiger partial charge < -0.3 is 28.7 Å². The normalized spacial score (nSPS) is 17.9. The van der Waals surface area contributed by atoms with E-state index in [1.165, 1.54) is 11.1 Å². The first-order chi connectivity index (χ1) is 26.4. The molecule has 270 valence electrons. The molecule has 4 heterocycles. The van der Waals surface area contributed by atoms with Crippen molar-refractivity contribution in [3.05, 3.63) is 142 Å². The maximum Gasteiger partial charge on any atom is 0.257 e. The Balaban J connectivity index is 0.897. The van der Waals surface area contributed by atoms with Gasteiger partial charge >= 0.3 is 0 Å². The van der Waals surface area contributed by atoms with Crippen LogP contribution in [0.15, 0.2) is 107 Å². The maximum atomic E-state index is 13.8. The van der Waals surface area contributed by atoms with Crippen LogP contribution < -0.4 is 18.9 Å². The molecule has 0 fully saturated rings. The van der Waals surface area contributed by atoms with Gasteiger partial charge in [-0.05, 0) is 64.4 Å². The average molecular weight is 719 g/mol. The molecule has 2 atom stereocenters. The van der Waals surface area contributed by atoms with E-state index in [1.807, 2.05) is 70.8 Å². The van der Waals surface area contributed by atoms with Gasteiger partial charge in [0.2, 0.25) is 0 Å². The van der Waals surface area contributed by atoms with Crippen molar-refractivity contribution in [3.63, 3.8) is 0 Å². The molecule has 9 rings (SSSR count).